The van der Waals surface area contributed by atoms with Gasteiger partial charge < -0.3 is 10.3 Å². The van der Waals surface area contributed by atoms with Gasteiger partial charge in [0.1, 0.15) is 0 Å². The zero-order chi connectivity index (χ0) is 20.2. The molecule has 1 heterocycles. The highest BCUT2D eigenvalue weighted by Gasteiger charge is 2.13. The molecule has 3 nitrogen and oxygen atoms in total. The van der Waals surface area contributed by atoms with Crippen LogP contribution in [-0.4, -0.2) is 23.2 Å². The minimum atomic E-state index is -0.0456. The summed E-state index contributed by atoms with van der Waals surface area (Å²) in [5.41, 5.74) is 5.36. The van der Waals surface area contributed by atoms with E-state index < -0.39 is 0 Å². The molecule has 0 aliphatic rings. The number of carbonyl (C=O) groups excluding carboxylic acids is 1. The third-order valence-electron chi connectivity index (χ3n) is 4.74. The average molecular weight is 465 g/mol. The van der Waals surface area contributed by atoms with Crippen LogP contribution in [0.25, 0.3) is 22.2 Å². The van der Waals surface area contributed by atoms with Gasteiger partial charge in [0.05, 0.1) is 5.69 Å². The number of halogens is 1. The summed E-state index contributed by atoms with van der Waals surface area (Å²) in [5.74, 6) is 0.749. The largest absolute Gasteiger partial charge is 0.354 e. The lowest BCUT2D eigenvalue weighted by Crippen LogP contribution is -2.25. The van der Waals surface area contributed by atoms with Crippen LogP contribution in [0.15, 0.2) is 82.2 Å². The SMILES string of the molecule is Cc1ccc(-c2[nH]c3ccccc3c2SCCNC(=O)c2ccc(Br)cc2)cc1. The van der Waals surface area contributed by atoms with E-state index in [0.29, 0.717) is 12.1 Å². The lowest BCUT2D eigenvalue weighted by atomic mass is 10.1. The van der Waals surface area contributed by atoms with Crippen LogP contribution in [0.2, 0.25) is 0 Å². The van der Waals surface area contributed by atoms with E-state index in [4.69, 9.17) is 0 Å². The number of thioether (sulfide) groups is 1. The first-order valence-electron chi connectivity index (χ1n) is 9.46. The number of nitrogens with one attached hydrogen (secondary N) is 2. The van der Waals surface area contributed by atoms with Crippen LogP contribution in [-0.2, 0) is 0 Å². The average Bonchev–Trinajstić information content (AvgIpc) is 3.10. The van der Waals surface area contributed by atoms with Gasteiger partial charge in [-0.1, -0.05) is 64.0 Å². The van der Waals surface area contributed by atoms with Crippen molar-refractivity contribution in [2.45, 2.75) is 11.8 Å². The Labute approximate surface area is 183 Å². The van der Waals surface area contributed by atoms with Gasteiger partial charge >= 0.3 is 0 Å². The number of fused-ring (bicyclic) bond motifs is 1. The van der Waals surface area contributed by atoms with Gasteiger partial charge in [0.2, 0.25) is 0 Å². The Kier molecular flexibility index (Phi) is 6.07. The molecule has 0 spiro atoms. The molecular formula is C24H21BrN2OS. The van der Waals surface area contributed by atoms with Gasteiger partial charge in [0.25, 0.3) is 5.91 Å². The van der Waals surface area contributed by atoms with E-state index >= 15 is 0 Å². The lowest BCUT2D eigenvalue weighted by Gasteiger charge is -2.08. The number of aromatic nitrogens is 1. The summed E-state index contributed by atoms with van der Waals surface area (Å²) in [7, 11) is 0. The normalized spacial score (nSPS) is 11.0. The van der Waals surface area contributed by atoms with E-state index in [2.05, 4.69) is 75.6 Å². The fraction of sp³-hybridized carbons (Fsp3) is 0.125. The molecule has 0 saturated carbocycles. The zero-order valence-corrected chi connectivity index (χ0v) is 18.4. The van der Waals surface area contributed by atoms with Crippen LogP contribution >= 0.6 is 27.7 Å². The smallest absolute Gasteiger partial charge is 0.251 e. The molecule has 1 aromatic heterocycles. The summed E-state index contributed by atoms with van der Waals surface area (Å²) in [4.78, 5) is 17.1. The predicted octanol–water partition coefficient (Wildman–Crippen LogP) is 6.43. The number of aryl methyl sites for hydroxylation is 1. The zero-order valence-electron chi connectivity index (χ0n) is 16.0. The number of amides is 1. The Hall–Kier alpha value is -2.50. The summed E-state index contributed by atoms with van der Waals surface area (Å²) < 4.78 is 0.965. The van der Waals surface area contributed by atoms with Crippen molar-refractivity contribution in [1.29, 1.82) is 0 Å². The summed E-state index contributed by atoms with van der Waals surface area (Å²) >= 11 is 5.16. The summed E-state index contributed by atoms with van der Waals surface area (Å²) in [6, 6.07) is 24.3. The highest BCUT2D eigenvalue weighted by Crippen LogP contribution is 2.37. The number of hydrogen-bond acceptors (Lipinski definition) is 2. The van der Waals surface area contributed by atoms with Crippen molar-refractivity contribution in [1.82, 2.24) is 10.3 Å². The molecule has 0 unspecified atom stereocenters. The minimum Gasteiger partial charge on any atom is -0.354 e. The van der Waals surface area contributed by atoms with E-state index in [9.17, 15) is 4.79 Å². The van der Waals surface area contributed by atoms with Gasteiger partial charge in [-0.2, -0.15) is 0 Å². The number of para-hydroxylation sites is 1. The van der Waals surface area contributed by atoms with Gasteiger partial charge in [-0.05, 0) is 42.8 Å². The van der Waals surface area contributed by atoms with Gasteiger partial charge in [0.15, 0.2) is 0 Å². The molecule has 0 bridgehead atoms. The van der Waals surface area contributed by atoms with Gasteiger partial charge in [-0.15, -0.1) is 11.8 Å². The number of hydrogen-bond donors (Lipinski definition) is 2. The standard InChI is InChI=1S/C24H21BrN2OS/c1-16-6-8-17(9-7-16)22-23(20-4-2-3-5-21(20)27-22)29-15-14-26-24(28)18-10-12-19(25)13-11-18/h2-13,27H,14-15H2,1H3,(H,26,28). The van der Waals surface area contributed by atoms with E-state index in [-0.39, 0.29) is 5.91 Å². The molecule has 0 aliphatic carbocycles. The topological polar surface area (TPSA) is 44.9 Å². The van der Waals surface area contributed by atoms with Crippen molar-refractivity contribution in [3.8, 4) is 11.3 Å². The van der Waals surface area contributed by atoms with Crippen LogP contribution < -0.4 is 5.32 Å². The molecule has 4 aromatic rings. The molecule has 146 valence electrons. The number of rotatable bonds is 6. The molecule has 29 heavy (non-hydrogen) atoms. The highest BCUT2D eigenvalue weighted by molar-refractivity contribution is 9.10. The second-order valence-electron chi connectivity index (χ2n) is 6.85. The van der Waals surface area contributed by atoms with Gasteiger partial charge in [-0.3, -0.25) is 4.79 Å². The van der Waals surface area contributed by atoms with Crippen molar-refractivity contribution in [2.24, 2.45) is 0 Å². The molecule has 0 saturated heterocycles. The fourth-order valence-electron chi connectivity index (χ4n) is 3.21. The molecule has 5 heteroatoms. The predicted molar refractivity (Wildman–Crippen MR) is 126 cm³/mol. The third kappa shape index (κ3) is 4.57. The van der Waals surface area contributed by atoms with Crippen LogP contribution in [0.3, 0.4) is 0 Å². The van der Waals surface area contributed by atoms with Crippen molar-refractivity contribution >= 4 is 44.5 Å². The Morgan fingerprint density at radius 1 is 1.00 bits per heavy atom. The third-order valence-corrected chi connectivity index (χ3v) is 6.39. The molecule has 0 radical (unpaired) electrons. The van der Waals surface area contributed by atoms with Crippen LogP contribution in [0.5, 0.6) is 0 Å². The maximum Gasteiger partial charge on any atom is 0.251 e. The summed E-state index contributed by atoms with van der Waals surface area (Å²) in [6.45, 7) is 2.70. The van der Waals surface area contributed by atoms with E-state index in [1.807, 2.05) is 30.3 Å². The Morgan fingerprint density at radius 2 is 1.72 bits per heavy atom. The first-order valence-corrected chi connectivity index (χ1v) is 11.2. The van der Waals surface area contributed by atoms with Crippen LogP contribution in [0, 0.1) is 6.92 Å². The van der Waals surface area contributed by atoms with Crippen molar-refractivity contribution < 1.29 is 4.79 Å². The molecule has 4 rings (SSSR count). The monoisotopic (exact) mass is 464 g/mol. The number of benzene rings is 3. The van der Waals surface area contributed by atoms with E-state index in [1.54, 1.807) is 11.8 Å². The fourth-order valence-corrected chi connectivity index (χ4v) is 4.53. The van der Waals surface area contributed by atoms with Crippen LogP contribution in [0.4, 0.5) is 0 Å². The molecule has 1 amide bonds. The molecule has 3 aromatic carbocycles. The Bertz CT molecular complexity index is 1130. The first kappa shape index (κ1) is 19.8. The molecule has 2 N–H and O–H groups in total. The second-order valence-corrected chi connectivity index (χ2v) is 8.87. The van der Waals surface area contributed by atoms with E-state index in [1.165, 1.54) is 21.4 Å². The van der Waals surface area contributed by atoms with Crippen LogP contribution in [0.1, 0.15) is 15.9 Å². The van der Waals surface area contributed by atoms with E-state index in [0.717, 1.165) is 21.4 Å². The quantitative estimate of drug-likeness (QED) is 0.255. The molecule has 0 atom stereocenters. The Balaban J connectivity index is 1.48. The number of carbonyl (C=O) groups is 1. The minimum absolute atomic E-state index is 0.0456. The van der Waals surface area contributed by atoms with Gasteiger partial charge in [0, 0.05) is 38.1 Å². The molecule has 0 aliphatic heterocycles. The lowest BCUT2D eigenvalue weighted by molar-refractivity contribution is 0.0956. The maximum absolute atomic E-state index is 12.3. The van der Waals surface area contributed by atoms with Gasteiger partial charge in [-0.25, -0.2) is 0 Å². The number of H-pyrrole nitrogens is 1. The summed E-state index contributed by atoms with van der Waals surface area (Å²) in [5, 5.41) is 4.23. The maximum atomic E-state index is 12.3. The Morgan fingerprint density at radius 3 is 2.48 bits per heavy atom. The number of aromatic amines is 1. The molecule has 0 fully saturated rings. The summed E-state index contributed by atoms with van der Waals surface area (Å²) in [6.07, 6.45) is 0. The highest BCUT2D eigenvalue weighted by atomic mass is 79.9. The van der Waals surface area contributed by atoms with Crippen molar-refractivity contribution in [3.05, 3.63) is 88.4 Å². The second kappa shape index (κ2) is 8.89. The molecular weight excluding hydrogens is 444 g/mol. The van der Waals surface area contributed by atoms with Crippen molar-refractivity contribution in [3.63, 3.8) is 0 Å². The first-order chi connectivity index (χ1) is 14.1. The van der Waals surface area contributed by atoms with Crippen molar-refractivity contribution in [2.75, 3.05) is 12.3 Å².